The summed E-state index contributed by atoms with van der Waals surface area (Å²) in [4.78, 5) is 11.8. The van der Waals surface area contributed by atoms with Gasteiger partial charge in [0, 0.05) is 24.8 Å². The van der Waals surface area contributed by atoms with Crippen LogP contribution in [-0.4, -0.2) is 33.0 Å². The molecule has 0 radical (unpaired) electrons. The molecule has 0 heterocycles. The molecule has 2 rings (SSSR count). The van der Waals surface area contributed by atoms with E-state index < -0.39 is 22.8 Å². The Labute approximate surface area is 114 Å². The minimum atomic E-state index is -0.942. The monoisotopic (exact) mass is 268 g/mol. The molecule has 0 aliphatic heterocycles. The van der Waals surface area contributed by atoms with Crippen LogP contribution in [0.2, 0.25) is 0 Å². The number of aliphatic hydroxyl groups is 2. The zero-order valence-electron chi connectivity index (χ0n) is 11.9. The zero-order valence-corrected chi connectivity index (χ0v) is 11.9. The highest BCUT2D eigenvalue weighted by Crippen LogP contribution is 2.52. The summed E-state index contributed by atoms with van der Waals surface area (Å²) in [5.41, 5.74) is -2.22. The van der Waals surface area contributed by atoms with Gasteiger partial charge < -0.3 is 14.9 Å². The molecule has 0 aromatic rings. The van der Waals surface area contributed by atoms with Crippen LogP contribution in [0.5, 0.6) is 0 Å². The van der Waals surface area contributed by atoms with E-state index in [4.69, 9.17) is 4.74 Å². The van der Waals surface area contributed by atoms with Gasteiger partial charge in [0.05, 0.1) is 11.2 Å². The normalized spacial score (nSPS) is 41.7. The number of ether oxygens (including phenoxy) is 1. The fourth-order valence-corrected chi connectivity index (χ4v) is 3.75. The van der Waals surface area contributed by atoms with Crippen molar-refractivity contribution in [3.8, 4) is 0 Å². The molecule has 2 fully saturated rings. The van der Waals surface area contributed by atoms with Crippen LogP contribution in [0.25, 0.3) is 0 Å². The van der Waals surface area contributed by atoms with Crippen LogP contribution in [0.15, 0.2) is 12.2 Å². The van der Waals surface area contributed by atoms with E-state index in [9.17, 15) is 15.0 Å². The third-order valence-corrected chi connectivity index (χ3v) is 4.55. The first-order valence-corrected chi connectivity index (χ1v) is 7.05. The van der Waals surface area contributed by atoms with Gasteiger partial charge in [-0.15, -0.1) is 0 Å². The predicted octanol–water partition coefficient (Wildman–Crippen LogP) is 2.08. The van der Waals surface area contributed by atoms with Crippen LogP contribution in [0.3, 0.4) is 0 Å². The topological polar surface area (TPSA) is 66.8 Å². The Bertz CT molecular complexity index is 403. The maximum absolute atomic E-state index is 11.8. The number of carbonyl (C=O) groups excluding carboxylic acids is 1. The van der Waals surface area contributed by atoms with Gasteiger partial charge in [-0.1, -0.05) is 13.5 Å². The molecule has 3 unspecified atom stereocenters. The lowest BCUT2D eigenvalue weighted by Crippen LogP contribution is -2.60. The maximum atomic E-state index is 11.8. The second kappa shape index (κ2) is 4.60. The maximum Gasteiger partial charge on any atom is 0.333 e. The van der Waals surface area contributed by atoms with Crippen LogP contribution >= 0.6 is 0 Å². The number of rotatable bonds is 3. The molecule has 2 saturated carbocycles. The molecule has 2 aliphatic rings. The van der Waals surface area contributed by atoms with Crippen LogP contribution in [0, 0.1) is 0 Å². The van der Waals surface area contributed by atoms with Gasteiger partial charge in [-0.05, 0) is 32.6 Å². The molecule has 0 aromatic heterocycles. The Morgan fingerprint density at radius 3 is 2.53 bits per heavy atom. The Morgan fingerprint density at radius 1 is 1.26 bits per heavy atom. The van der Waals surface area contributed by atoms with Crippen LogP contribution < -0.4 is 0 Å². The Balaban J connectivity index is 2.26. The smallest absolute Gasteiger partial charge is 0.333 e. The molecule has 4 nitrogen and oxygen atoms in total. The molecule has 2 bridgehead atoms. The van der Waals surface area contributed by atoms with E-state index in [1.54, 1.807) is 6.92 Å². The number of hydrogen-bond acceptors (Lipinski definition) is 4. The standard InChI is InChI=1S/C15H24O4/c1-4-13(17)8-14(18)6-5-7-15(9-13,10-14)19-12(16)11(2)3/h17-18H,2,4-10H2,1,3H3. The highest BCUT2D eigenvalue weighted by atomic mass is 16.6. The van der Waals surface area contributed by atoms with Crippen molar-refractivity contribution in [2.24, 2.45) is 0 Å². The predicted molar refractivity (Wildman–Crippen MR) is 71.5 cm³/mol. The minimum Gasteiger partial charge on any atom is -0.456 e. The molecule has 108 valence electrons. The lowest BCUT2D eigenvalue weighted by atomic mass is 9.60. The van der Waals surface area contributed by atoms with Gasteiger partial charge in [0.2, 0.25) is 0 Å². The van der Waals surface area contributed by atoms with Gasteiger partial charge in [0.25, 0.3) is 0 Å². The van der Waals surface area contributed by atoms with E-state index in [-0.39, 0.29) is 0 Å². The summed E-state index contributed by atoms with van der Waals surface area (Å²) < 4.78 is 5.62. The second-order valence-electron chi connectivity index (χ2n) is 6.54. The number of hydrogen-bond donors (Lipinski definition) is 2. The first-order chi connectivity index (χ1) is 8.72. The molecule has 0 aromatic carbocycles. The van der Waals surface area contributed by atoms with Gasteiger partial charge in [0.1, 0.15) is 5.60 Å². The lowest BCUT2D eigenvalue weighted by molar-refractivity contribution is -0.217. The second-order valence-corrected chi connectivity index (χ2v) is 6.54. The molecule has 0 saturated heterocycles. The molecule has 3 atom stereocenters. The number of carbonyl (C=O) groups is 1. The fourth-order valence-electron chi connectivity index (χ4n) is 3.75. The van der Waals surface area contributed by atoms with E-state index in [2.05, 4.69) is 6.58 Å². The van der Waals surface area contributed by atoms with Crippen molar-refractivity contribution >= 4 is 5.97 Å². The van der Waals surface area contributed by atoms with E-state index >= 15 is 0 Å². The van der Waals surface area contributed by atoms with E-state index in [1.165, 1.54) is 0 Å². The summed E-state index contributed by atoms with van der Waals surface area (Å²) >= 11 is 0. The first kappa shape index (κ1) is 14.5. The number of esters is 1. The molecule has 4 heteroatoms. The highest BCUT2D eigenvalue weighted by molar-refractivity contribution is 5.87. The fraction of sp³-hybridized carbons (Fsp3) is 0.800. The first-order valence-electron chi connectivity index (χ1n) is 7.05. The number of fused-ring (bicyclic) bond motifs is 2. The van der Waals surface area contributed by atoms with Gasteiger partial charge in [0.15, 0.2) is 0 Å². The highest BCUT2D eigenvalue weighted by Gasteiger charge is 2.57. The third-order valence-electron chi connectivity index (χ3n) is 4.55. The van der Waals surface area contributed by atoms with Crippen LogP contribution in [0.4, 0.5) is 0 Å². The average molecular weight is 268 g/mol. The van der Waals surface area contributed by atoms with Gasteiger partial charge in [-0.25, -0.2) is 4.79 Å². The molecular weight excluding hydrogens is 244 g/mol. The molecule has 0 amide bonds. The van der Waals surface area contributed by atoms with E-state index in [1.807, 2.05) is 6.92 Å². The largest absolute Gasteiger partial charge is 0.456 e. The van der Waals surface area contributed by atoms with Crippen molar-refractivity contribution in [3.63, 3.8) is 0 Å². The Hall–Kier alpha value is -0.870. The molecular formula is C15H24O4. The quantitative estimate of drug-likeness (QED) is 0.607. The Morgan fingerprint density at radius 2 is 1.95 bits per heavy atom. The summed E-state index contributed by atoms with van der Waals surface area (Å²) in [6, 6.07) is 0. The molecule has 2 N–H and O–H groups in total. The third kappa shape index (κ3) is 2.84. The van der Waals surface area contributed by atoms with Gasteiger partial charge >= 0.3 is 5.97 Å². The van der Waals surface area contributed by atoms with Crippen molar-refractivity contribution in [1.82, 2.24) is 0 Å². The summed E-state index contributed by atoms with van der Waals surface area (Å²) in [7, 11) is 0. The van der Waals surface area contributed by atoms with E-state index in [0.717, 1.165) is 6.42 Å². The van der Waals surface area contributed by atoms with Crippen molar-refractivity contribution in [2.75, 3.05) is 0 Å². The van der Waals surface area contributed by atoms with Crippen LogP contribution in [0.1, 0.15) is 58.8 Å². The summed E-state index contributed by atoms with van der Waals surface area (Å²) in [5.74, 6) is -0.426. The SMILES string of the molecule is C=C(C)C(=O)OC12CCCC(O)(CC(O)(CC)C1)C2. The molecule has 2 aliphatic carbocycles. The van der Waals surface area contributed by atoms with Crippen molar-refractivity contribution in [1.29, 1.82) is 0 Å². The zero-order chi connectivity index (χ0) is 14.3. The van der Waals surface area contributed by atoms with Crippen molar-refractivity contribution in [2.45, 2.75) is 75.6 Å². The van der Waals surface area contributed by atoms with Crippen molar-refractivity contribution in [3.05, 3.63) is 12.2 Å². The molecule has 0 spiro atoms. The minimum absolute atomic E-state index is 0.356. The summed E-state index contributed by atoms with van der Waals surface area (Å²) in [6.07, 6.45) is 3.97. The van der Waals surface area contributed by atoms with Gasteiger partial charge in [-0.3, -0.25) is 0 Å². The Kier molecular flexibility index (Phi) is 3.52. The summed E-state index contributed by atoms with van der Waals surface area (Å²) in [6.45, 7) is 7.11. The van der Waals surface area contributed by atoms with E-state index in [0.29, 0.717) is 44.1 Å². The lowest BCUT2D eigenvalue weighted by Gasteiger charge is -2.54. The van der Waals surface area contributed by atoms with Crippen LogP contribution in [-0.2, 0) is 9.53 Å². The van der Waals surface area contributed by atoms with Crippen molar-refractivity contribution < 1.29 is 19.7 Å². The van der Waals surface area contributed by atoms with Gasteiger partial charge in [-0.2, -0.15) is 0 Å². The molecule has 19 heavy (non-hydrogen) atoms. The average Bonchev–Trinajstić information content (AvgIpc) is 2.26. The summed E-state index contributed by atoms with van der Waals surface area (Å²) in [5, 5.41) is 21.2.